The van der Waals surface area contributed by atoms with Gasteiger partial charge in [-0.1, -0.05) is 0 Å². The molecule has 1 aliphatic heterocycles. The number of nitrogens with zero attached hydrogens (tertiary/aromatic N) is 5. The summed E-state index contributed by atoms with van der Waals surface area (Å²) < 4.78 is 1.30. The fourth-order valence-electron chi connectivity index (χ4n) is 2.88. The predicted octanol–water partition coefficient (Wildman–Crippen LogP) is 0.201. The van der Waals surface area contributed by atoms with Crippen molar-refractivity contribution in [3.8, 4) is 5.69 Å². The zero-order valence-electron chi connectivity index (χ0n) is 14.3. The Kier molecular flexibility index (Phi) is 5.87. The third-order valence-corrected chi connectivity index (χ3v) is 4.25. The SMILES string of the molecule is O=C(NCCCN1CCNCC1)c1ccc(-n2cncn2)c([N+](=O)[O-])c1. The van der Waals surface area contributed by atoms with Gasteiger partial charge in [0.1, 0.15) is 18.3 Å². The Hall–Kier alpha value is -2.85. The van der Waals surface area contributed by atoms with Crippen LogP contribution < -0.4 is 10.6 Å². The molecule has 1 saturated heterocycles. The Labute approximate surface area is 150 Å². The maximum absolute atomic E-state index is 12.3. The number of hydrogen-bond acceptors (Lipinski definition) is 7. The number of rotatable bonds is 7. The Morgan fingerprint density at radius 1 is 1.35 bits per heavy atom. The van der Waals surface area contributed by atoms with Gasteiger partial charge in [0, 0.05) is 44.4 Å². The van der Waals surface area contributed by atoms with E-state index in [0.717, 1.165) is 39.1 Å². The summed E-state index contributed by atoms with van der Waals surface area (Å²) in [6.07, 6.45) is 3.51. The van der Waals surface area contributed by atoms with Crippen molar-refractivity contribution in [1.29, 1.82) is 0 Å². The molecule has 0 bridgehead atoms. The highest BCUT2D eigenvalue weighted by Crippen LogP contribution is 2.23. The summed E-state index contributed by atoms with van der Waals surface area (Å²) in [5.41, 5.74) is 0.328. The molecule has 1 amide bonds. The minimum absolute atomic E-state index is 0.191. The fraction of sp³-hybridized carbons (Fsp3) is 0.438. The number of nitrogens with one attached hydrogen (secondary N) is 2. The number of nitro benzene ring substituents is 1. The second-order valence-electron chi connectivity index (χ2n) is 6.00. The quantitative estimate of drug-likeness (QED) is 0.412. The lowest BCUT2D eigenvalue weighted by atomic mass is 10.1. The van der Waals surface area contributed by atoms with Gasteiger partial charge in [-0.2, -0.15) is 5.10 Å². The zero-order chi connectivity index (χ0) is 18.4. The van der Waals surface area contributed by atoms with Gasteiger partial charge in [0.25, 0.3) is 11.6 Å². The summed E-state index contributed by atoms with van der Waals surface area (Å²) in [5.74, 6) is -0.321. The Bertz CT molecular complexity index is 757. The summed E-state index contributed by atoms with van der Waals surface area (Å²) in [5, 5.41) is 21.3. The third-order valence-electron chi connectivity index (χ3n) is 4.25. The molecule has 10 nitrogen and oxygen atoms in total. The molecule has 0 saturated carbocycles. The first kappa shape index (κ1) is 18.0. The topological polar surface area (TPSA) is 118 Å². The van der Waals surface area contributed by atoms with Crippen molar-refractivity contribution >= 4 is 11.6 Å². The average molecular weight is 359 g/mol. The first-order valence-electron chi connectivity index (χ1n) is 8.50. The van der Waals surface area contributed by atoms with Crippen LogP contribution in [0.25, 0.3) is 5.69 Å². The fourth-order valence-corrected chi connectivity index (χ4v) is 2.88. The first-order valence-corrected chi connectivity index (χ1v) is 8.50. The third kappa shape index (κ3) is 4.41. The minimum Gasteiger partial charge on any atom is -0.352 e. The van der Waals surface area contributed by atoms with Crippen LogP contribution in [-0.4, -0.2) is 69.8 Å². The van der Waals surface area contributed by atoms with Crippen LogP contribution in [0.4, 0.5) is 5.69 Å². The lowest BCUT2D eigenvalue weighted by Crippen LogP contribution is -2.44. The van der Waals surface area contributed by atoms with Gasteiger partial charge in [0.2, 0.25) is 0 Å². The van der Waals surface area contributed by atoms with Gasteiger partial charge in [-0.25, -0.2) is 9.67 Å². The van der Waals surface area contributed by atoms with Gasteiger partial charge < -0.3 is 15.5 Å². The Balaban J connectivity index is 1.58. The van der Waals surface area contributed by atoms with Gasteiger partial charge in [-0.3, -0.25) is 14.9 Å². The molecule has 0 aliphatic carbocycles. The molecule has 2 heterocycles. The molecule has 0 unspecified atom stereocenters. The molecule has 0 atom stereocenters. The molecule has 2 aromatic rings. The number of nitro groups is 1. The maximum Gasteiger partial charge on any atom is 0.295 e. The molecule has 1 aromatic heterocycles. The largest absolute Gasteiger partial charge is 0.352 e. The van der Waals surface area contributed by atoms with E-state index in [9.17, 15) is 14.9 Å². The van der Waals surface area contributed by atoms with E-state index < -0.39 is 4.92 Å². The van der Waals surface area contributed by atoms with Crippen LogP contribution in [0.15, 0.2) is 30.9 Å². The smallest absolute Gasteiger partial charge is 0.295 e. The van der Waals surface area contributed by atoms with Crippen LogP contribution in [-0.2, 0) is 0 Å². The standard InChI is InChI=1S/C16H21N7O3/c24-16(19-4-1-7-21-8-5-17-6-9-21)13-2-3-14(15(10-13)23(25)26)22-12-18-11-20-22/h2-3,10-12,17H,1,4-9H2,(H,19,24). The van der Waals surface area contributed by atoms with Gasteiger partial charge in [0.05, 0.1) is 4.92 Å². The average Bonchev–Trinajstić information content (AvgIpc) is 3.20. The Morgan fingerprint density at radius 2 is 2.15 bits per heavy atom. The van der Waals surface area contributed by atoms with Gasteiger partial charge >= 0.3 is 0 Å². The van der Waals surface area contributed by atoms with Crippen LogP contribution in [0.5, 0.6) is 0 Å². The number of piperazine rings is 1. The number of hydrogen-bond donors (Lipinski definition) is 2. The van der Waals surface area contributed by atoms with Crippen LogP contribution in [0.3, 0.4) is 0 Å². The van der Waals surface area contributed by atoms with E-state index in [4.69, 9.17) is 0 Å². The second kappa shape index (κ2) is 8.50. The number of benzene rings is 1. The highest BCUT2D eigenvalue weighted by molar-refractivity contribution is 5.95. The molecular weight excluding hydrogens is 338 g/mol. The molecule has 1 aliphatic rings. The van der Waals surface area contributed by atoms with E-state index in [1.54, 1.807) is 6.07 Å². The predicted molar refractivity (Wildman–Crippen MR) is 94.3 cm³/mol. The highest BCUT2D eigenvalue weighted by Gasteiger charge is 2.19. The van der Waals surface area contributed by atoms with Gasteiger partial charge in [-0.05, 0) is 25.1 Å². The van der Waals surface area contributed by atoms with E-state index in [1.165, 1.54) is 29.5 Å². The van der Waals surface area contributed by atoms with Crippen LogP contribution in [0.1, 0.15) is 16.8 Å². The molecule has 138 valence electrons. The summed E-state index contributed by atoms with van der Waals surface area (Å²) in [4.78, 5) is 29.2. The molecule has 26 heavy (non-hydrogen) atoms. The van der Waals surface area contributed by atoms with E-state index in [1.807, 2.05) is 0 Å². The van der Waals surface area contributed by atoms with E-state index in [-0.39, 0.29) is 22.8 Å². The summed E-state index contributed by atoms with van der Waals surface area (Å²) >= 11 is 0. The molecule has 2 N–H and O–H groups in total. The molecular formula is C16H21N7O3. The van der Waals surface area contributed by atoms with E-state index in [0.29, 0.717) is 6.54 Å². The van der Waals surface area contributed by atoms with Crippen LogP contribution in [0, 0.1) is 10.1 Å². The highest BCUT2D eigenvalue weighted by atomic mass is 16.6. The minimum atomic E-state index is -0.530. The van der Waals surface area contributed by atoms with Crippen molar-refractivity contribution in [2.24, 2.45) is 0 Å². The van der Waals surface area contributed by atoms with Gasteiger partial charge in [0.15, 0.2) is 0 Å². The van der Waals surface area contributed by atoms with Crippen LogP contribution in [0.2, 0.25) is 0 Å². The van der Waals surface area contributed by atoms with Crippen molar-refractivity contribution in [1.82, 2.24) is 30.3 Å². The summed E-state index contributed by atoms with van der Waals surface area (Å²) in [6, 6.07) is 4.32. The Morgan fingerprint density at radius 3 is 2.85 bits per heavy atom. The van der Waals surface area contributed by atoms with Crippen molar-refractivity contribution in [3.63, 3.8) is 0 Å². The normalized spacial score (nSPS) is 14.9. The summed E-state index contributed by atoms with van der Waals surface area (Å²) in [7, 11) is 0. The van der Waals surface area contributed by atoms with Crippen molar-refractivity contribution in [3.05, 3.63) is 46.5 Å². The maximum atomic E-state index is 12.3. The molecule has 3 rings (SSSR count). The van der Waals surface area contributed by atoms with E-state index >= 15 is 0 Å². The lowest BCUT2D eigenvalue weighted by Gasteiger charge is -2.27. The second-order valence-corrected chi connectivity index (χ2v) is 6.00. The van der Waals surface area contributed by atoms with Crippen molar-refractivity contribution in [2.45, 2.75) is 6.42 Å². The molecule has 1 aromatic carbocycles. The number of carbonyl (C=O) groups excluding carboxylic acids is 1. The van der Waals surface area contributed by atoms with Crippen molar-refractivity contribution < 1.29 is 9.72 Å². The lowest BCUT2D eigenvalue weighted by molar-refractivity contribution is -0.384. The zero-order valence-corrected chi connectivity index (χ0v) is 14.3. The van der Waals surface area contributed by atoms with E-state index in [2.05, 4.69) is 25.6 Å². The molecule has 10 heteroatoms. The number of amides is 1. The van der Waals surface area contributed by atoms with Gasteiger partial charge in [-0.15, -0.1) is 0 Å². The first-order chi connectivity index (χ1) is 12.6. The summed E-state index contributed by atoms with van der Waals surface area (Å²) in [6.45, 7) is 5.48. The molecule has 0 spiro atoms. The molecule has 1 fully saturated rings. The van der Waals surface area contributed by atoms with Crippen molar-refractivity contribution in [2.75, 3.05) is 39.3 Å². The molecule has 0 radical (unpaired) electrons. The number of aromatic nitrogens is 3. The monoisotopic (exact) mass is 359 g/mol. The number of carbonyl (C=O) groups is 1. The van der Waals surface area contributed by atoms with Crippen LogP contribution >= 0.6 is 0 Å².